The molecule has 0 N–H and O–H groups in total. The SMILES string of the molecule is FC(F)(F)CCC[C@H](C#Cc1ccccc1)c1ccc(-c2ccccc2)cc1. The van der Waals surface area contributed by atoms with Gasteiger partial charge in [-0.3, -0.25) is 0 Å². The van der Waals surface area contributed by atoms with E-state index in [4.69, 9.17) is 0 Å². The molecule has 0 saturated carbocycles. The maximum atomic E-state index is 12.6. The van der Waals surface area contributed by atoms with E-state index >= 15 is 0 Å². The zero-order valence-corrected chi connectivity index (χ0v) is 15.4. The van der Waals surface area contributed by atoms with Crippen LogP contribution in [0.25, 0.3) is 11.1 Å². The van der Waals surface area contributed by atoms with Crippen molar-refractivity contribution in [2.24, 2.45) is 0 Å². The van der Waals surface area contributed by atoms with Crippen LogP contribution in [0.5, 0.6) is 0 Å². The Morgan fingerprint density at radius 2 is 1.29 bits per heavy atom. The van der Waals surface area contributed by atoms with E-state index in [-0.39, 0.29) is 12.3 Å². The molecule has 0 amide bonds. The molecule has 0 aliphatic carbocycles. The molecule has 0 aliphatic rings. The van der Waals surface area contributed by atoms with E-state index in [1.165, 1.54) is 0 Å². The fourth-order valence-corrected chi connectivity index (χ4v) is 3.06. The molecule has 0 bridgehead atoms. The van der Waals surface area contributed by atoms with Crippen LogP contribution in [0.3, 0.4) is 0 Å². The third kappa shape index (κ3) is 6.03. The lowest BCUT2D eigenvalue weighted by molar-refractivity contribution is -0.135. The molecule has 0 radical (unpaired) electrons. The fraction of sp³-hybridized carbons (Fsp3) is 0.200. The minimum atomic E-state index is -4.13. The van der Waals surface area contributed by atoms with Crippen molar-refractivity contribution < 1.29 is 13.2 Å². The molecule has 1 atom stereocenters. The Balaban J connectivity index is 1.80. The Morgan fingerprint density at radius 1 is 0.714 bits per heavy atom. The summed E-state index contributed by atoms with van der Waals surface area (Å²) in [5, 5.41) is 0. The highest BCUT2D eigenvalue weighted by Crippen LogP contribution is 2.29. The van der Waals surface area contributed by atoms with Gasteiger partial charge in [-0.2, -0.15) is 13.2 Å². The Hall–Kier alpha value is -2.99. The first kappa shape index (κ1) is 19.8. The predicted molar refractivity (Wildman–Crippen MR) is 108 cm³/mol. The largest absolute Gasteiger partial charge is 0.389 e. The summed E-state index contributed by atoms with van der Waals surface area (Å²) < 4.78 is 37.7. The van der Waals surface area contributed by atoms with Crippen LogP contribution < -0.4 is 0 Å². The Kier molecular flexibility index (Phi) is 6.55. The predicted octanol–water partition coefficient (Wildman–Crippen LogP) is 7.22. The van der Waals surface area contributed by atoms with Crippen molar-refractivity contribution in [3.63, 3.8) is 0 Å². The van der Waals surface area contributed by atoms with Crippen LogP contribution in [-0.4, -0.2) is 6.18 Å². The number of hydrogen-bond acceptors (Lipinski definition) is 0. The summed E-state index contributed by atoms with van der Waals surface area (Å²) in [4.78, 5) is 0. The van der Waals surface area contributed by atoms with Crippen molar-refractivity contribution in [1.29, 1.82) is 0 Å². The fourth-order valence-electron chi connectivity index (χ4n) is 3.06. The molecule has 0 spiro atoms. The summed E-state index contributed by atoms with van der Waals surface area (Å²) in [5.74, 6) is 6.06. The molecule has 0 aliphatic heterocycles. The van der Waals surface area contributed by atoms with Gasteiger partial charge in [-0.05, 0) is 41.7 Å². The minimum absolute atomic E-state index is 0.0675. The van der Waals surface area contributed by atoms with Crippen LogP contribution in [0.4, 0.5) is 13.2 Å². The van der Waals surface area contributed by atoms with Crippen molar-refractivity contribution in [1.82, 2.24) is 0 Å². The van der Waals surface area contributed by atoms with Gasteiger partial charge in [0.1, 0.15) is 0 Å². The molecule has 3 aromatic carbocycles. The number of alkyl halides is 3. The molecule has 0 aromatic heterocycles. The van der Waals surface area contributed by atoms with Crippen molar-refractivity contribution >= 4 is 0 Å². The van der Waals surface area contributed by atoms with Crippen LogP contribution in [0.15, 0.2) is 84.9 Å². The van der Waals surface area contributed by atoms with E-state index < -0.39 is 12.6 Å². The second kappa shape index (κ2) is 9.28. The molecule has 0 nitrogen and oxygen atoms in total. The van der Waals surface area contributed by atoms with Crippen LogP contribution >= 0.6 is 0 Å². The second-order valence-corrected chi connectivity index (χ2v) is 6.68. The smallest absolute Gasteiger partial charge is 0.171 e. The van der Waals surface area contributed by atoms with Gasteiger partial charge in [0.05, 0.1) is 0 Å². The third-order valence-corrected chi connectivity index (χ3v) is 4.54. The van der Waals surface area contributed by atoms with E-state index in [9.17, 15) is 13.2 Å². The van der Waals surface area contributed by atoms with Gasteiger partial charge in [-0.15, -0.1) is 0 Å². The molecular formula is C25H21F3. The number of hydrogen-bond donors (Lipinski definition) is 0. The first-order valence-electron chi connectivity index (χ1n) is 9.30. The van der Waals surface area contributed by atoms with Crippen LogP contribution in [0, 0.1) is 11.8 Å². The standard InChI is InChI=1S/C25H21F3/c26-25(27,28)19-7-12-22(14-13-20-8-3-1-4-9-20)24-17-15-23(16-18-24)21-10-5-2-6-11-21/h1-6,8-11,15-18,22H,7,12,19H2/t22-/m1/s1. The molecule has 0 fully saturated rings. The quantitative estimate of drug-likeness (QED) is 0.411. The number of benzene rings is 3. The van der Waals surface area contributed by atoms with Gasteiger partial charge in [0.15, 0.2) is 0 Å². The van der Waals surface area contributed by atoms with Gasteiger partial charge in [0.2, 0.25) is 0 Å². The lowest BCUT2D eigenvalue weighted by Crippen LogP contribution is -2.07. The number of halogens is 3. The van der Waals surface area contributed by atoms with Gasteiger partial charge in [-0.1, -0.05) is 84.6 Å². The molecule has 0 unspecified atom stereocenters. The highest BCUT2D eigenvalue weighted by molar-refractivity contribution is 5.63. The highest BCUT2D eigenvalue weighted by atomic mass is 19.4. The molecule has 142 valence electrons. The molecule has 0 heterocycles. The van der Waals surface area contributed by atoms with Crippen molar-refractivity contribution in [2.75, 3.05) is 0 Å². The molecule has 3 heteroatoms. The van der Waals surface area contributed by atoms with Crippen LogP contribution in [-0.2, 0) is 0 Å². The summed E-state index contributed by atoms with van der Waals surface area (Å²) in [6.45, 7) is 0. The Bertz CT molecular complexity index is 915. The molecule has 3 aromatic rings. The minimum Gasteiger partial charge on any atom is -0.171 e. The van der Waals surface area contributed by atoms with Crippen molar-refractivity contribution in [2.45, 2.75) is 31.4 Å². The Labute approximate surface area is 164 Å². The van der Waals surface area contributed by atoms with Gasteiger partial charge >= 0.3 is 6.18 Å². The summed E-state index contributed by atoms with van der Waals surface area (Å²) in [6.07, 6.45) is -4.46. The van der Waals surface area contributed by atoms with E-state index in [1.807, 2.05) is 84.9 Å². The summed E-state index contributed by atoms with van der Waals surface area (Å²) >= 11 is 0. The lowest BCUT2D eigenvalue weighted by atomic mass is 9.92. The van der Waals surface area contributed by atoms with Gasteiger partial charge in [-0.25, -0.2) is 0 Å². The topological polar surface area (TPSA) is 0 Å². The van der Waals surface area contributed by atoms with E-state index in [2.05, 4.69) is 11.8 Å². The Morgan fingerprint density at radius 3 is 1.89 bits per heavy atom. The summed E-state index contributed by atoms with van der Waals surface area (Å²) in [5.41, 5.74) is 4.00. The van der Waals surface area contributed by atoms with Crippen molar-refractivity contribution in [3.8, 4) is 23.0 Å². The molecule has 0 saturated heterocycles. The second-order valence-electron chi connectivity index (χ2n) is 6.68. The summed E-state index contributed by atoms with van der Waals surface area (Å²) in [6, 6.07) is 27.5. The molecule has 28 heavy (non-hydrogen) atoms. The zero-order chi connectivity index (χ0) is 19.8. The molecule has 3 rings (SSSR count). The van der Waals surface area contributed by atoms with Crippen LogP contribution in [0.2, 0.25) is 0 Å². The maximum Gasteiger partial charge on any atom is 0.389 e. The van der Waals surface area contributed by atoms with Gasteiger partial charge in [0.25, 0.3) is 0 Å². The van der Waals surface area contributed by atoms with Gasteiger partial charge < -0.3 is 0 Å². The zero-order valence-electron chi connectivity index (χ0n) is 15.4. The van der Waals surface area contributed by atoms with Gasteiger partial charge in [0, 0.05) is 17.9 Å². The lowest BCUT2D eigenvalue weighted by Gasteiger charge is -2.13. The number of rotatable bonds is 5. The first-order valence-corrected chi connectivity index (χ1v) is 9.30. The first-order chi connectivity index (χ1) is 13.5. The highest BCUT2D eigenvalue weighted by Gasteiger charge is 2.26. The van der Waals surface area contributed by atoms with E-state index in [1.54, 1.807) is 0 Å². The maximum absolute atomic E-state index is 12.6. The average molecular weight is 378 g/mol. The van der Waals surface area contributed by atoms with E-state index in [0.29, 0.717) is 6.42 Å². The average Bonchev–Trinajstić information content (AvgIpc) is 2.71. The van der Waals surface area contributed by atoms with Crippen molar-refractivity contribution in [3.05, 3.63) is 96.1 Å². The molecular weight excluding hydrogens is 357 g/mol. The van der Waals surface area contributed by atoms with Crippen LogP contribution in [0.1, 0.15) is 36.3 Å². The van der Waals surface area contributed by atoms with E-state index in [0.717, 1.165) is 22.3 Å². The third-order valence-electron chi connectivity index (χ3n) is 4.54. The monoisotopic (exact) mass is 378 g/mol. The normalized spacial score (nSPS) is 12.1. The summed E-state index contributed by atoms with van der Waals surface area (Å²) in [7, 11) is 0.